The Kier molecular flexibility index (Phi) is 54.8. The number of carboxylic acid groups (broad SMARTS) is 1. The maximum atomic E-state index is 13.8. The van der Waals surface area contributed by atoms with E-state index in [9.17, 15) is 43.2 Å². The zero-order valence-corrected chi connectivity index (χ0v) is 79.6. The Labute approximate surface area is 801 Å². The van der Waals surface area contributed by atoms with Crippen molar-refractivity contribution < 1.29 is 138 Å². The summed E-state index contributed by atoms with van der Waals surface area (Å²) in [7, 11) is 1.93. The van der Waals surface area contributed by atoms with Crippen molar-refractivity contribution in [2.24, 2.45) is 28.3 Å². The van der Waals surface area contributed by atoms with Gasteiger partial charge >= 0.3 is 64.6 Å². The number of aliphatic carboxylic acids is 1. The first-order valence-corrected chi connectivity index (χ1v) is 45.6. The number of Topliss-reactive ketones (excluding diaryl/α,β-unsaturated/α-hetero) is 3. The molecule has 10 rings (SSSR count). The van der Waals surface area contributed by atoms with Gasteiger partial charge < -0.3 is 77.7 Å². The van der Waals surface area contributed by atoms with E-state index in [1.165, 1.54) is 0 Å². The number of hydrogen-bond acceptors (Lipinski definition) is 31. The summed E-state index contributed by atoms with van der Waals surface area (Å²) in [4.78, 5) is 189. The molecule has 6 heterocycles. The Balaban J connectivity index is 0.00000108. The van der Waals surface area contributed by atoms with Gasteiger partial charge in [0, 0.05) is 110 Å². The smallest absolute Gasteiger partial charge is 0.493 e. The number of benzene rings is 4. The number of amides is 4. The number of fused-ring (bicyclic) bond motifs is 5. The standard InChI is InChI=1S/C66H95N8O11S2.C20H21N5O4.3CO2.2CH4.Na.O3S/c1-9-27-82-29-30-83-28-26-72(42-66(6,7)87-86-31-14-18-56(75)44(4)71-62(78)50(15-11-23-69-65(67)68)36-57(76)45(5)70-61(77)10-2)53-34-46(40-84-58-37-48-19-21-51-16-12-24-73(51)63(79)54(48)32-43(58)3)33-47(35-53)41-85-60-38-49-20-22-52-17-13-25-74(52)64(80)55(49)39-59(60)81-8;1-2-12(19(28)29)9-15(26)13-6-3-11(4-7-13)5-8-14-10-22-17-16(23-14)18(27)25-20(21)24-17;3*2-1-3;;;;1-4(2)3/h22,32-35,37-39,44-45,50-52H,9-21,23-31,36,40-42H2,1-8H3,(H,70,77)(H,71,78)(H4,67,68,69);3-4,6-7,10,12H,2,5,8-9H2,1H3,(H,28,29)(H3,21,22,24,25,27);;;;2*1H4;;/q-1;;;;;;;+1;/t44-,45-,50+,51+,52+;12-;;;;;;;/m10......./s1. The molecule has 716 valence electrons. The van der Waals surface area contributed by atoms with Crippen LogP contribution in [0.3, 0.4) is 0 Å². The predicted molar refractivity (Wildman–Crippen MR) is 490 cm³/mol. The number of methoxy groups -OCH3 is 1. The van der Waals surface area contributed by atoms with E-state index in [1.54, 1.807) is 74.7 Å². The molecular formula is C91H124N13NaO24S3. The molecule has 0 bridgehead atoms. The van der Waals surface area contributed by atoms with E-state index in [1.807, 2.05) is 42.2 Å². The van der Waals surface area contributed by atoms with Crippen LogP contribution in [-0.2, 0) is 112 Å². The number of rotatable bonds is 44. The first-order valence-electron chi connectivity index (χ1n) is 42.3. The van der Waals surface area contributed by atoms with Crippen molar-refractivity contribution in [3.05, 3.63) is 145 Å². The number of carbonyl (C=O) groups excluding carboxylic acids is 13. The molecule has 0 spiro atoms. The minimum atomic E-state index is -3.11. The van der Waals surface area contributed by atoms with Crippen LogP contribution < -0.4 is 82.1 Å². The molecule has 0 unspecified atom stereocenters. The number of H-pyrrole nitrogens is 1. The van der Waals surface area contributed by atoms with Gasteiger partial charge in [-0.1, -0.05) is 99.5 Å². The van der Waals surface area contributed by atoms with Gasteiger partial charge in [-0.2, -0.15) is 40.2 Å². The van der Waals surface area contributed by atoms with Crippen molar-refractivity contribution >= 4 is 126 Å². The fourth-order valence-electron chi connectivity index (χ4n) is 14.8. The number of aromatic nitrogens is 4. The van der Waals surface area contributed by atoms with E-state index in [0.29, 0.717) is 119 Å². The van der Waals surface area contributed by atoms with E-state index in [2.05, 4.69) is 96.8 Å². The summed E-state index contributed by atoms with van der Waals surface area (Å²) in [5.41, 5.74) is 25.6. The van der Waals surface area contributed by atoms with Crippen LogP contribution in [0.25, 0.3) is 11.2 Å². The van der Waals surface area contributed by atoms with E-state index in [0.717, 1.165) is 108 Å². The van der Waals surface area contributed by atoms with Gasteiger partial charge in [-0.25, -0.2) is 9.97 Å². The number of hydrogen-bond donors (Lipinski definition) is 7. The Morgan fingerprint density at radius 2 is 1.35 bits per heavy atom. The third kappa shape index (κ3) is 39.5. The molecule has 132 heavy (non-hydrogen) atoms. The summed E-state index contributed by atoms with van der Waals surface area (Å²) in [5.74, 6) is -1.05. The Morgan fingerprint density at radius 3 is 1.97 bits per heavy atom. The van der Waals surface area contributed by atoms with Crippen molar-refractivity contribution in [1.82, 2.24) is 40.4 Å². The molecule has 4 aliphatic rings. The van der Waals surface area contributed by atoms with Crippen molar-refractivity contribution in [2.75, 3.05) is 82.6 Å². The number of nitrogen functional groups attached to an aromatic ring is 1. The van der Waals surface area contributed by atoms with Gasteiger partial charge in [0.2, 0.25) is 17.8 Å². The molecule has 0 radical (unpaired) electrons. The summed E-state index contributed by atoms with van der Waals surface area (Å²) < 4.78 is 56.3. The summed E-state index contributed by atoms with van der Waals surface area (Å²) in [6.07, 6.45) is 15.3. The largest absolute Gasteiger partial charge is 1.00 e. The number of nitrogens with zero attached hydrogens (tertiary/aromatic N) is 7. The second-order valence-corrected chi connectivity index (χ2v) is 34.8. The van der Waals surface area contributed by atoms with Crippen LogP contribution in [-0.4, -0.2) is 220 Å². The van der Waals surface area contributed by atoms with E-state index in [-0.39, 0.29) is 183 Å². The van der Waals surface area contributed by atoms with Crippen molar-refractivity contribution in [3.8, 4) is 17.2 Å². The molecule has 41 heteroatoms. The maximum absolute atomic E-state index is 13.8. The zero-order valence-electron chi connectivity index (χ0n) is 75.1. The average molecular weight is 1900 g/mol. The third-order valence-corrected chi connectivity index (χ3v) is 24.6. The predicted octanol–water partition coefficient (Wildman–Crippen LogP) is 6.17. The van der Waals surface area contributed by atoms with Gasteiger partial charge in [-0.3, -0.25) is 53.1 Å². The monoisotopic (exact) mass is 1900 g/mol. The first kappa shape index (κ1) is 117. The molecule has 4 amide bonds. The van der Waals surface area contributed by atoms with Gasteiger partial charge in [0.1, 0.15) is 19.0 Å². The molecule has 2 aromatic heterocycles. The van der Waals surface area contributed by atoms with Gasteiger partial charge in [0.15, 0.2) is 46.0 Å². The number of guanidine groups is 1. The van der Waals surface area contributed by atoms with E-state index in [4.69, 9.17) is 87.4 Å². The summed E-state index contributed by atoms with van der Waals surface area (Å²) in [6.45, 7) is 20.8. The first-order chi connectivity index (χ1) is 61.6. The fourth-order valence-corrected chi connectivity index (χ4v) is 17.4. The maximum Gasteiger partial charge on any atom is 1.00 e. The summed E-state index contributed by atoms with van der Waals surface area (Å²) >= 11 is 0. The normalized spacial score (nSPS) is 14.5. The van der Waals surface area contributed by atoms with Gasteiger partial charge in [-0.15, -0.1) is 12.6 Å². The molecular weight excluding hydrogens is 1780 g/mol. The van der Waals surface area contributed by atoms with Gasteiger partial charge in [0.05, 0.1) is 56.8 Å². The SMILES string of the molecule is C.C.CCCOCCOCCN(CC(C)(C)SSCCCC(=O)[C@@H](C)NC(=O)[C@@H](CCCN=C(N)N)CC(=O)[C@@H](C)NC(=O)CC)c1cc(COc2cc3c(cc2C)C(=O)N2CCC[C@H]2CC3)cc(COc2cc3c(cc2OC)C(=O)N2CCC[C@H]2[CH-]C3)c1.CC[C@@H](CC(=O)c1ccc(CCc2cnc3nc(N)[nH]c(=O)c3n2)cc1)C(=O)O.O=C=O.O=C=O.O=C=O.O=S(=O)=O.[Na+]. The minimum absolute atomic E-state index is 0. The minimum Gasteiger partial charge on any atom is -0.493 e. The number of aryl methyl sites for hydroxylation is 4. The van der Waals surface area contributed by atoms with Crippen LogP contribution in [0.2, 0.25) is 0 Å². The molecule has 4 aliphatic heterocycles. The number of nitrogens with two attached hydrogens (primary N) is 3. The Hall–Kier alpha value is -10.9. The zero-order chi connectivity index (χ0) is 95.3. The number of ether oxygens (including phenoxy) is 5. The van der Waals surface area contributed by atoms with E-state index >= 15 is 0 Å². The molecule has 6 aromatic rings. The van der Waals surface area contributed by atoms with E-state index < -0.39 is 52.0 Å². The summed E-state index contributed by atoms with van der Waals surface area (Å²) in [5, 5.41) is 14.6. The molecule has 0 aliphatic carbocycles. The second kappa shape index (κ2) is 61.8. The quantitative estimate of drug-likeness (QED) is 0.00427. The molecule has 6 atom stereocenters. The molecule has 2 fully saturated rings. The number of anilines is 2. The molecule has 10 N–H and O–H groups in total. The van der Waals surface area contributed by atoms with Crippen LogP contribution in [0.5, 0.6) is 17.2 Å². The number of carboxylic acids is 1. The molecule has 4 aromatic carbocycles. The molecule has 0 saturated carbocycles. The van der Waals surface area contributed by atoms with Gasteiger partial charge in [0.25, 0.3) is 17.4 Å². The van der Waals surface area contributed by atoms with Crippen LogP contribution in [0, 0.1) is 25.2 Å². The number of nitrogens with one attached hydrogen (secondary N) is 3. The fraction of sp³-hybridized carbons (Fsp3) is 0.527. The summed E-state index contributed by atoms with van der Waals surface area (Å²) in [6, 6.07) is 20.2. The second-order valence-electron chi connectivity index (χ2n) is 31.3. The average Bonchev–Trinajstić information content (AvgIpc) is 1.61. The molecule has 2 saturated heterocycles. The topological polar surface area (TPSA) is 552 Å². The number of carbonyl (C=O) groups is 8. The van der Waals surface area contributed by atoms with Crippen molar-refractivity contribution in [3.63, 3.8) is 0 Å². The van der Waals surface area contributed by atoms with Crippen LogP contribution in [0.15, 0.2) is 82.7 Å². The van der Waals surface area contributed by atoms with Gasteiger partial charge in [-0.05, 0) is 182 Å². The van der Waals surface area contributed by atoms with Crippen LogP contribution in [0.1, 0.15) is 223 Å². The molecule has 37 nitrogen and oxygen atoms in total. The van der Waals surface area contributed by atoms with Crippen LogP contribution in [0.4, 0.5) is 11.6 Å². The van der Waals surface area contributed by atoms with Crippen molar-refractivity contribution in [1.29, 1.82) is 0 Å². The number of aromatic amines is 1. The van der Waals surface area contributed by atoms with Crippen LogP contribution >= 0.6 is 21.6 Å². The number of aliphatic imine (C=N–C) groups is 1. The number of ketones is 3. The third-order valence-electron chi connectivity index (χ3n) is 21.3. The Bertz CT molecular complexity index is 5070. The Morgan fingerprint density at radius 1 is 0.742 bits per heavy atom. The van der Waals surface area contributed by atoms with Crippen molar-refractivity contribution in [2.45, 2.75) is 228 Å².